The molecule has 0 saturated carbocycles. The van der Waals surface area contributed by atoms with Crippen LogP contribution >= 0.6 is 11.8 Å². The zero-order valence-electron chi connectivity index (χ0n) is 7.28. The number of carbonyl (C=O) groups excluding carboxylic acids is 1. The van der Waals surface area contributed by atoms with Crippen molar-refractivity contribution in [2.45, 2.75) is 11.8 Å². The molecule has 1 heterocycles. The van der Waals surface area contributed by atoms with Crippen molar-refractivity contribution < 1.29 is 4.79 Å². The Morgan fingerprint density at radius 1 is 1.54 bits per heavy atom. The van der Waals surface area contributed by atoms with Crippen molar-refractivity contribution in [3.8, 4) is 0 Å². The lowest BCUT2D eigenvalue weighted by molar-refractivity contribution is -0.116. The number of amides is 1. The molecule has 68 valence electrons. The first kappa shape index (κ1) is 8.59. The van der Waals surface area contributed by atoms with Gasteiger partial charge < -0.3 is 0 Å². The number of aryl methyl sites for hydroxylation is 1. The number of benzene rings is 1. The molecule has 0 bridgehead atoms. The fraction of sp³-hybridized carbons (Fsp3) is 0.222. The summed E-state index contributed by atoms with van der Waals surface area (Å²) in [5.74, 6) is 6.03. The van der Waals surface area contributed by atoms with E-state index in [1.807, 2.05) is 25.1 Å². The van der Waals surface area contributed by atoms with Crippen LogP contribution in [0.25, 0.3) is 0 Å². The molecule has 1 aromatic rings. The van der Waals surface area contributed by atoms with E-state index in [0.29, 0.717) is 5.75 Å². The molecule has 0 aliphatic carbocycles. The van der Waals surface area contributed by atoms with Crippen molar-refractivity contribution in [3.63, 3.8) is 0 Å². The number of anilines is 1. The number of hydrazine groups is 1. The third-order valence-corrected chi connectivity index (χ3v) is 3.04. The number of thioether (sulfide) groups is 1. The van der Waals surface area contributed by atoms with E-state index in [0.717, 1.165) is 16.1 Å². The summed E-state index contributed by atoms with van der Waals surface area (Å²) < 4.78 is 0. The molecule has 0 aromatic heterocycles. The number of hydrogen-bond donors (Lipinski definition) is 1. The van der Waals surface area contributed by atoms with Crippen LogP contribution in [0.5, 0.6) is 0 Å². The highest BCUT2D eigenvalue weighted by molar-refractivity contribution is 8.00. The van der Waals surface area contributed by atoms with Gasteiger partial charge in [-0.1, -0.05) is 6.07 Å². The molecule has 0 spiro atoms. The summed E-state index contributed by atoms with van der Waals surface area (Å²) in [6, 6.07) is 5.95. The van der Waals surface area contributed by atoms with Crippen LogP contribution in [0.1, 0.15) is 5.56 Å². The van der Waals surface area contributed by atoms with Crippen molar-refractivity contribution >= 4 is 23.4 Å². The minimum Gasteiger partial charge on any atom is -0.272 e. The number of hydrogen-bond acceptors (Lipinski definition) is 3. The second kappa shape index (κ2) is 3.05. The monoisotopic (exact) mass is 194 g/mol. The lowest BCUT2D eigenvalue weighted by Gasteiger charge is -2.24. The third kappa shape index (κ3) is 1.43. The van der Waals surface area contributed by atoms with Crippen LogP contribution in [-0.4, -0.2) is 11.7 Å². The van der Waals surface area contributed by atoms with Gasteiger partial charge in [-0.2, -0.15) is 0 Å². The van der Waals surface area contributed by atoms with Crippen molar-refractivity contribution in [3.05, 3.63) is 23.8 Å². The van der Waals surface area contributed by atoms with Gasteiger partial charge in [0.25, 0.3) is 5.91 Å². The van der Waals surface area contributed by atoms with Crippen LogP contribution in [0.2, 0.25) is 0 Å². The van der Waals surface area contributed by atoms with E-state index >= 15 is 0 Å². The van der Waals surface area contributed by atoms with E-state index in [1.54, 1.807) is 0 Å². The van der Waals surface area contributed by atoms with Crippen molar-refractivity contribution in [1.29, 1.82) is 0 Å². The predicted molar refractivity (Wildman–Crippen MR) is 53.6 cm³/mol. The number of nitrogens with two attached hydrogens (primary N) is 1. The molecule has 1 amide bonds. The van der Waals surface area contributed by atoms with Gasteiger partial charge in [-0.05, 0) is 24.6 Å². The van der Waals surface area contributed by atoms with Gasteiger partial charge in [0.05, 0.1) is 11.4 Å². The van der Waals surface area contributed by atoms with Gasteiger partial charge in [-0.3, -0.25) is 4.79 Å². The normalized spacial score (nSPS) is 15.8. The lowest BCUT2D eigenvalue weighted by Crippen LogP contribution is -2.41. The molecule has 1 aromatic carbocycles. The van der Waals surface area contributed by atoms with E-state index < -0.39 is 0 Å². The summed E-state index contributed by atoms with van der Waals surface area (Å²) in [4.78, 5) is 12.3. The molecule has 2 rings (SSSR count). The van der Waals surface area contributed by atoms with Crippen LogP contribution in [0, 0.1) is 6.92 Å². The second-order valence-corrected chi connectivity index (χ2v) is 4.04. The molecule has 0 unspecified atom stereocenters. The van der Waals surface area contributed by atoms with Gasteiger partial charge in [0.1, 0.15) is 0 Å². The largest absolute Gasteiger partial charge is 0.272 e. The molecule has 0 fully saturated rings. The highest BCUT2D eigenvalue weighted by Gasteiger charge is 2.21. The first-order valence-electron chi connectivity index (χ1n) is 3.99. The maximum atomic E-state index is 11.2. The summed E-state index contributed by atoms with van der Waals surface area (Å²) in [5, 5.41) is 1.23. The Labute approximate surface area is 80.9 Å². The fourth-order valence-electron chi connectivity index (χ4n) is 1.28. The van der Waals surface area contributed by atoms with Gasteiger partial charge in [-0.15, -0.1) is 11.8 Å². The summed E-state index contributed by atoms with van der Waals surface area (Å²) >= 11 is 1.54. The standard InChI is InChI=1S/C9H10N2OS/c1-6-2-3-8-7(4-6)11(10)9(12)5-13-8/h2-4H,5,10H2,1H3. The van der Waals surface area contributed by atoms with E-state index in [1.165, 1.54) is 16.8 Å². The van der Waals surface area contributed by atoms with Gasteiger partial charge in [0.15, 0.2) is 0 Å². The van der Waals surface area contributed by atoms with E-state index in [-0.39, 0.29) is 5.91 Å². The molecule has 1 aliphatic heterocycles. The Balaban J connectivity index is 2.51. The maximum absolute atomic E-state index is 11.2. The molecule has 1 aliphatic rings. The number of fused-ring (bicyclic) bond motifs is 1. The minimum atomic E-state index is -0.0388. The average Bonchev–Trinajstić information content (AvgIpc) is 2.12. The zero-order valence-corrected chi connectivity index (χ0v) is 8.10. The maximum Gasteiger partial charge on any atom is 0.251 e. The smallest absolute Gasteiger partial charge is 0.251 e. The Bertz CT molecular complexity index is 365. The molecule has 2 N–H and O–H groups in total. The summed E-state index contributed by atoms with van der Waals surface area (Å²) in [6.07, 6.45) is 0. The topological polar surface area (TPSA) is 46.3 Å². The summed E-state index contributed by atoms with van der Waals surface area (Å²) in [6.45, 7) is 1.98. The van der Waals surface area contributed by atoms with Gasteiger partial charge in [0.2, 0.25) is 0 Å². The Kier molecular flexibility index (Phi) is 2.01. The third-order valence-electron chi connectivity index (χ3n) is 1.99. The molecule has 4 heteroatoms. The molecule has 0 radical (unpaired) electrons. The number of nitrogens with zero attached hydrogens (tertiary/aromatic N) is 1. The highest BCUT2D eigenvalue weighted by Crippen LogP contribution is 2.33. The van der Waals surface area contributed by atoms with Gasteiger partial charge in [-0.25, -0.2) is 10.9 Å². The van der Waals surface area contributed by atoms with E-state index in [2.05, 4.69) is 0 Å². The second-order valence-electron chi connectivity index (χ2n) is 3.02. The molecule has 0 atom stereocenters. The first-order chi connectivity index (χ1) is 6.18. The van der Waals surface area contributed by atoms with Crippen LogP contribution < -0.4 is 10.9 Å². The Morgan fingerprint density at radius 3 is 3.08 bits per heavy atom. The Hall–Kier alpha value is -1.000. The predicted octanol–water partition coefficient (Wildman–Crippen LogP) is 1.31. The van der Waals surface area contributed by atoms with Crippen molar-refractivity contribution in [2.75, 3.05) is 10.8 Å². The lowest BCUT2D eigenvalue weighted by atomic mass is 10.2. The fourth-order valence-corrected chi connectivity index (χ4v) is 2.17. The first-order valence-corrected chi connectivity index (χ1v) is 4.98. The molecular formula is C9H10N2OS. The number of carbonyl (C=O) groups is 1. The molecular weight excluding hydrogens is 184 g/mol. The quantitative estimate of drug-likeness (QED) is 0.500. The van der Waals surface area contributed by atoms with Crippen LogP contribution in [-0.2, 0) is 4.79 Å². The van der Waals surface area contributed by atoms with E-state index in [9.17, 15) is 4.79 Å². The summed E-state index contributed by atoms with van der Waals surface area (Å²) in [5.41, 5.74) is 1.94. The SMILES string of the molecule is Cc1ccc2c(c1)N(N)C(=O)CS2. The number of rotatable bonds is 0. The Morgan fingerprint density at radius 2 is 2.31 bits per heavy atom. The minimum absolute atomic E-state index is 0.0388. The average molecular weight is 194 g/mol. The molecule has 3 nitrogen and oxygen atoms in total. The van der Waals surface area contributed by atoms with E-state index in [4.69, 9.17) is 5.84 Å². The zero-order chi connectivity index (χ0) is 9.42. The van der Waals surface area contributed by atoms with Crippen LogP contribution in [0.4, 0.5) is 5.69 Å². The van der Waals surface area contributed by atoms with Crippen molar-refractivity contribution in [2.24, 2.45) is 5.84 Å². The molecule has 13 heavy (non-hydrogen) atoms. The summed E-state index contributed by atoms with van der Waals surface area (Å²) in [7, 11) is 0. The van der Waals surface area contributed by atoms with Gasteiger partial charge in [0, 0.05) is 4.90 Å². The van der Waals surface area contributed by atoms with Crippen LogP contribution in [0.15, 0.2) is 23.1 Å². The van der Waals surface area contributed by atoms with Crippen molar-refractivity contribution in [1.82, 2.24) is 0 Å². The van der Waals surface area contributed by atoms with Crippen LogP contribution in [0.3, 0.4) is 0 Å². The molecule has 0 saturated heterocycles. The highest BCUT2D eigenvalue weighted by atomic mass is 32.2. The van der Waals surface area contributed by atoms with Gasteiger partial charge >= 0.3 is 0 Å².